The molecular formula is C26H38N2O3. The van der Waals surface area contributed by atoms with E-state index < -0.39 is 0 Å². The Hall–Kier alpha value is -2.04. The maximum atomic E-state index is 13.3. The van der Waals surface area contributed by atoms with Gasteiger partial charge in [-0.25, -0.2) is 0 Å². The Kier molecular flexibility index (Phi) is 7.52. The molecule has 0 unspecified atom stereocenters. The molecule has 31 heavy (non-hydrogen) atoms. The summed E-state index contributed by atoms with van der Waals surface area (Å²) in [6.45, 7) is 4.40. The number of hydrogen-bond donors (Lipinski definition) is 0. The topological polar surface area (TPSA) is 49.9 Å². The van der Waals surface area contributed by atoms with Crippen LogP contribution in [0.25, 0.3) is 0 Å². The first-order valence-corrected chi connectivity index (χ1v) is 12.5. The number of benzene rings is 1. The van der Waals surface area contributed by atoms with Crippen LogP contribution < -0.4 is 4.74 Å². The molecule has 170 valence electrons. The lowest BCUT2D eigenvalue weighted by Gasteiger charge is -2.40. The lowest BCUT2D eigenvalue weighted by atomic mass is 9.90. The molecule has 2 amide bonds. The predicted octanol–water partition coefficient (Wildman–Crippen LogP) is 5.04. The minimum atomic E-state index is -0.0365. The molecule has 5 nitrogen and oxygen atoms in total. The fourth-order valence-electron chi connectivity index (χ4n) is 5.17. The van der Waals surface area contributed by atoms with E-state index in [1.807, 2.05) is 36.1 Å². The second-order valence-corrected chi connectivity index (χ2v) is 9.46. The molecule has 1 aliphatic heterocycles. The van der Waals surface area contributed by atoms with Crippen LogP contribution in [0.15, 0.2) is 24.3 Å². The summed E-state index contributed by atoms with van der Waals surface area (Å²) >= 11 is 0. The third-order valence-electron chi connectivity index (χ3n) is 7.17. The van der Waals surface area contributed by atoms with Gasteiger partial charge in [-0.1, -0.05) is 37.8 Å². The first kappa shape index (κ1) is 22.2. The highest BCUT2D eigenvalue weighted by Crippen LogP contribution is 2.36. The van der Waals surface area contributed by atoms with Crippen LogP contribution in [0.2, 0.25) is 0 Å². The van der Waals surface area contributed by atoms with Crippen LogP contribution in [0.4, 0.5) is 0 Å². The van der Waals surface area contributed by atoms with E-state index in [2.05, 4.69) is 4.90 Å². The van der Waals surface area contributed by atoms with Crippen LogP contribution in [0.1, 0.15) is 87.9 Å². The molecule has 0 bridgehead atoms. The number of hydrogen-bond acceptors (Lipinski definition) is 3. The van der Waals surface area contributed by atoms with Gasteiger partial charge in [0, 0.05) is 25.6 Å². The van der Waals surface area contributed by atoms with Crippen molar-refractivity contribution in [3.8, 4) is 5.75 Å². The summed E-state index contributed by atoms with van der Waals surface area (Å²) in [5.41, 5.74) is 0.656. The van der Waals surface area contributed by atoms with Gasteiger partial charge in [0.2, 0.25) is 5.91 Å². The van der Waals surface area contributed by atoms with E-state index >= 15 is 0 Å². The number of carbonyl (C=O) groups is 2. The quantitative estimate of drug-likeness (QED) is 0.666. The maximum Gasteiger partial charge on any atom is 0.257 e. The van der Waals surface area contributed by atoms with E-state index in [0.29, 0.717) is 23.8 Å². The zero-order valence-corrected chi connectivity index (χ0v) is 19.1. The van der Waals surface area contributed by atoms with Crippen LogP contribution in [0.5, 0.6) is 5.75 Å². The van der Waals surface area contributed by atoms with Crippen LogP contribution in [0, 0.1) is 5.92 Å². The van der Waals surface area contributed by atoms with E-state index in [9.17, 15) is 9.59 Å². The summed E-state index contributed by atoms with van der Waals surface area (Å²) in [7, 11) is 0. The van der Waals surface area contributed by atoms with Gasteiger partial charge in [0.05, 0.1) is 11.6 Å². The van der Waals surface area contributed by atoms with Crippen molar-refractivity contribution in [3.05, 3.63) is 29.8 Å². The minimum Gasteiger partial charge on any atom is -0.487 e. The normalized spacial score (nSPS) is 26.2. The Morgan fingerprint density at radius 3 is 2.42 bits per heavy atom. The molecule has 0 radical (unpaired) electrons. The van der Waals surface area contributed by atoms with Crippen molar-refractivity contribution in [2.24, 2.45) is 5.92 Å². The zero-order valence-electron chi connectivity index (χ0n) is 19.1. The summed E-state index contributed by atoms with van der Waals surface area (Å²) in [6.07, 6.45) is 11.8. The van der Waals surface area contributed by atoms with Crippen LogP contribution in [0.3, 0.4) is 0 Å². The monoisotopic (exact) mass is 426 g/mol. The maximum absolute atomic E-state index is 13.3. The van der Waals surface area contributed by atoms with Crippen molar-refractivity contribution in [1.29, 1.82) is 0 Å². The SMILES string of the molecule is CCN1CCCCCCCN(C(=O)C2CC2)[C@@H]2CCCC[C@@H]2Oc2ccccc2C1=O. The average Bonchev–Trinajstić information content (AvgIpc) is 3.64. The molecule has 2 aliphatic carbocycles. The molecule has 3 aliphatic rings. The fourth-order valence-corrected chi connectivity index (χ4v) is 5.17. The summed E-state index contributed by atoms with van der Waals surface area (Å²) in [4.78, 5) is 30.6. The summed E-state index contributed by atoms with van der Waals surface area (Å²) in [6, 6.07) is 7.81. The highest BCUT2D eigenvalue weighted by Gasteiger charge is 2.40. The molecule has 5 heteroatoms. The summed E-state index contributed by atoms with van der Waals surface area (Å²) in [5.74, 6) is 1.31. The molecule has 2 fully saturated rings. The van der Waals surface area contributed by atoms with Crippen molar-refractivity contribution < 1.29 is 14.3 Å². The smallest absolute Gasteiger partial charge is 0.257 e. The van der Waals surface area contributed by atoms with Crippen molar-refractivity contribution in [3.63, 3.8) is 0 Å². The predicted molar refractivity (Wildman–Crippen MR) is 122 cm³/mol. The zero-order chi connectivity index (χ0) is 21.6. The largest absolute Gasteiger partial charge is 0.487 e. The molecule has 2 atom stereocenters. The van der Waals surface area contributed by atoms with E-state index in [0.717, 1.165) is 77.3 Å². The van der Waals surface area contributed by atoms with Crippen LogP contribution in [-0.2, 0) is 4.79 Å². The van der Waals surface area contributed by atoms with E-state index in [4.69, 9.17) is 4.74 Å². The van der Waals surface area contributed by atoms with Gasteiger partial charge in [-0.3, -0.25) is 9.59 Å². The second kappa shape index (κ2) is 10.5. The van der Waals surface area contributed by atoms with Crippen molar-refractivity contribution in [1.82, 2.24) is 9.80 Å². The Labute approximate surface area is 187 Å². The number of ether oxygens (including phenoxy) is 1. The van der Waals surface area contributed by atoms with Gasteiger partial charge in [-0.05, 0) is 64.0 Å². The molecule has 0 spiro atoms. The van der Waals surface area contributed by atoms with Crippen LogP contribution in [-0.4, -0.2) is 53.4 Å². The summed E-state index contributed by atoms with van der Waals surface area (Å²) in [5, 5.41) is 0. The molecule has 2 saturated carbocycles. The van der Waals surface area contributed by atoms with Gasteiger partial charge in [0.25, 0.3) is 5.91 Å². The van der Waals surface area contributed by atoms with Gasteiger partial charge in [0.15, 0.2) is 0 Å². The lowest BCUT2D eigenvalue weighted by molar-refractivity contribution is -0.138. The number of nitrogens with zero attached hydrogens (tertiary/aromatic N) is 2. The highest BCUT2D eigenvalue weighted by atomic mass is 16.5. The molecule has 0 saturated heterocycles. The van der Waals surface area contributed by atoms with Crippen molar-refractivity contribution in [2.75, 3.05) is 19.6 Å². The minimum absolute atomic E-state index is 0.0365. The fraction of sp³-hybridized carbons (Fsp3) is 0.692. The number of para-hydroxylation sites is 1. The van der Waals surface area contributed by atoms with Gasteiger partial charge >= 0.3 is 0 Å². The van der Waals surface area contributed by atoms with Crippen molar-refractivity contribution in [2.45, 2.75) is 89.7 Å². The summed E-state index contributed by atoms with van der Waals surface area (Å²) < 4.78 is 6.58. The number of rotatable bonds is 2. The molecule has 1 aromatic rings. The highest BCUT2D eigenvalue weighted by molar-refractivity contribution is 5.97. The third-order valence-corrected chi connectivity index (χ3v) is 7.17. The standard InChI is InChI=1S/C26H38N2O3/c1-2-27-18-10-4-3-5-11-19-28(25(29)20-16-17-20)22-13-7-9-15-24(22)31-23-14-8-6-12-21(23)26(27)30/h6,8,12,14,20,22,24H,2-5,7,9-11,13,15-19H2,1H3/t22-,24+/m1/s1. The average molecular weight is 427 g/mol. The van der Waals surface area contributed by atoms with Crippen LogP contribution >= 0.6 is 0 Å². The lowest BCUT2D eigenvalue weighted by Crippen LogP contribution is -2.51. The second-order valence-electron chi connectivity index (χ2n) is 9.46. The number of amides is 2. The molecule has 0 aromatic heterocycles. The van der Waals surface area contributed by atoms with E-state index in [1.54, 1.807) is 0 Å². The molecule has 4 rings (SSSR count). The Morgan fingerprint density at radius 1 is 0.935 bits per heavy atom. The number of fused-ring (bicyclic) bond motifs is 2. The van der Waals surface area contributed by atoms with Gasteiger partial charge in [0.1, 0.15) is 11.9 Å². The molecule has 0 N–H and O–H groups in total. The van der Waals surface area contributed by atoms with Gasteiger partial charge in [-0.2, -0.15) is 0 Å². The molecule has 1 aromatic carbocycles. The Balaban J connectivity index is 1.63. The molecule has 1 heterocycles. The van der Waals surface area contributed by atoms with Gasteiger partial charge < -0.3 is 14.5 Å². The Morgan fingerprint density at radius 2 is 1.65 bits per heavy atom. The Bertz CT molecular complexity index is 761. The third kappa shape index (κ3) is 5.42. The van der Waals surface area contributed by atoms with E-state index in [1.165, 1.54) is 6.42 Å². The van der Waals surface area contributed by atoms with E-state index in [-0.39, 0.29) is 24.0 Å². The van der Waals surface area contributed by atoms with Gasteiger partial charge in [-0.15, -0.1) is 0 Å². The molecular weight excluding hydrogens is 388 g/mol. The first-order chi connectivity index (χ1) is 15.2. The first-order valence-electron chi connectivity index (χ1n) is 12.5. The van der Waals surface area contributed by atoms with Crippen molar-refractivity contribution >= 4 is 11.8 Å². The number of carbonyl (C=O) groups excluding carboxylic acids is 2.